The highest BCUT2D eigenvalue weighted by molar-refractivity contribution is 6.46. The number of aliphatic hydroxyl groups excluding tert-OH is 1. The molecule has 3 rings (SSSR count). The first-order chi connectivity index (χ1) is 16.2. The van der Waals surface area contributed by atoms with E-state index < -0.39 is 17.7 Å². The van der Waals surface area contributed by atoms with Gasteiger partial charge in [-0.05, 0) is 68.4 Å². The molecule has 0 aromatic heterocycles. The van der Waals surface area contributed by atoms with E-state index in [1.165, 1.54) is 5.56 Å². The van der Waals surface area contributed by atoms with Gasteiger partial charge in [0.2, 0.25) is 0 Å². The number of benzene rings is 2. The van der Waals surface area contributed by atoms with Gasteiger partial charge >= 0.3 is 0 Å². The summed E-state index contributed by atoms with van der Waals surface area (Å²) in [5.74, 6) is -0.429. The van der Waals surface area contributed by atoms with Gasteiger partial charge in [0.1, 0.15) is 18.1 Å². The third kappa shape index (κ3) is 5.57. The lowest BCUT2D eigenvalue weighted by Gasteiger charge is -2.26. The molecule has 1 unspecified atom stereocenters. The van der Waals surface area contributed by atoms with Crippen LogP contribution in [-0.4, -0.2) is 60.4 Å². The second-order valence-corrected chi connectivity index (χ2v) is 9.09. The average molecular weight is 463 g/mol. The lowest BCUT2D eigenvalue weighted by Crippen LogP contribution is -2.32. The summed E-state index contributed by atoms with van der Waals surface area (Å²) in [5.41, 5.74) is 2.55. The third-order valence-corrected chi connectivity index (χ3v) is 5.96. The number of amides is 1. The van der Waals surface area contributed by atoms with Crippen LogP contribution in [-0.2, 0) is 9.59 Å². The van der Waals surface area contributed by atoms with Gasteiger partial charge in [-0.15, -0.1) is 0 Å². The quantitative estimate of drug-likeness (QED) is 0.239. The van der Waals surface area contributed by atoms with Gasteiger partial charge in [0.05, 0.1) is 11.6 Å². The number of carbonyl (C=O) groups excluding carboxylic acids is 2. The number of nitrogens with zero attached hydrogens (tertiary/aromatic N) is 2. The molecule has 0 spiro atoms. The maximum Gasteiger partial charge on any atom is 0.295 e. The van der Waals surface area contributed by atoms with Crippen molar-refractivity contribution >= 4 is 17.4 Å². The van der Waals surface area contributed by atoms with Crippen LogP contribution in [0.1, 0.15) is 48.9 Å². The Labute approximate surface area is 202 Å². The highest BCUT2D eigenvalue weighted by Gasteiger charge is 2.45. The average Bonchev–Trinajstić information content (AvgIpc) is 3.07. The number of rotatable bonds is 10. The Bertz CT molecular complexity index is 1050. The van der Waals surface area contributed by atoms with Crippen LogP contribution in [0, 0.1) is 0 Å². The predicted octanol–water partition coefficient (Wildman–Crippen LogP) is 4.75. The smallest absolute Gasteiger partial charge is 0.295 e. The monoisotopic (exact) mass is 462 g/mol. The maximum atomic E-state index is 13.1. The molecule has 1 amide bonds. The summed E-state index contributed by atoms with van der Waals surface area (Å²) in [4.78, 5) is 29.8. The molecule has 0 radical (unpaired) electrons. The number of hydrogen-bond donors (Lipinski definition) is 1. The molecular formula is C28H34N2O4. The SMILES string of the molecule is C=CCOc1ccc(C(O)=C2C(=O)C(=O)N(CCCN(C)C)C2c2ccc(C(C)C)cc2)cc1. The molecule has 2 aromatic carbocycles. The van der Waals surface area contributed by atoms with Crippen molar-refractivity contribution in [1.82, 2.24) is 9.80 Å². The van der Waals surface area contributed by atoms with Crippen LogP contribution in [0.4, 0.5) is 0 Å². The van der Waals surface area contributed by atoms with Gasteiger partial charge in [-0.1, -0.05) is 50.8 Å². The molecule has 1 atom stereocenters. The maximum absolute atomic E-state index is 13.1. The minimum Gasteiger partial charge on any atom is -0.507 e. The van der Waals surface area contributed by atoms with Crippen molar-refractivity contribution in [3.05, 3.63) is 83.4 Å². The van der Waals surface area contributed by atoms with Gasteiger partial charge in [-0.25, -0.2) is 0 Å². The van der Waals surface area contributed by atoms with Crippen molar-refractivity contribution in [2.45, 2.75) is 32.2 Å². The normalized spacial score (nSPS) is 17.6. The fourth-order valence-corrected chi connectivity index (χ4v) is 4.10. The Morgan fingerprint density at radius 1 is 1.12 bits per heavy atom. The molecule has 1 fully saturated rings. The third-order valence-electron chi connectivity index (χ3n) is 5.96. The van der Waals surface area contributed by atoms with Gasteiger partial charge in [0.25, 0.3) is 11.7 Å². The van der Waals surface area contributed by atoms with Crippen molar-refractivity contribution in [2.24, 2.45) is 0 Å². The van der Waals surface area contributed by atoms with Crippen LogP contribution in [0.5, 0.6) is 5.75 Å². The molecule has 0 bridgehead atoms. The molecule has 1 N–H and O–H groups in total. The van der Waals surface area contributed by atoms with Crippen LogP contribution in [0.2, 0.25) is 0 Å². The zero-order valence-corrected chi connectivity index (χ0v) is 20.5. The van der Waals surface area contributed by atoms with E-state index >= 15 is 0 Å². The predicted molar refractivity (Wildman–Crippen MR) is 135 cm³/mol. The van der Waals surface area contributed by atoms with Gasteiger partial charge in [0, 0.05) is 12.1 Å². The van der Waals surface area contributed by atoms with Gasteiger partial charge in [-0.2, -0.15) is 0 Å². The number of aliphatic hydroxyl groups is 1. The summed E-state index contributed by atoms with van der Waals surface area (Å²) in [6.45, 7) is 9.44. The van der Waals surface area contributed by atoms with Crippen LogP contribution >= 0.6 is 0 Å². The number of ketones is 1. The molecule has 6 heteroatoms. The highest BCUT2D eigenvalue weighted by atomic mass is 16.5. The second-order valence-electron chi connectivity index (χ2n) is 9.09. The van der Waals surface area contributed by atoms with Crippen LogP contribution in [0.15, 0.2) is 66.8 Å². The summed E-state index contributed by atoms with van der Waals surface area (Å²) in [6, 6.07) is 14.1. The Hall–Kier alpha value is -3.38. The molecule has 0 aliphatic carbocycles. The minimum atomic E-state index is -0.660. The Morgan fingerprint density at radius 2 is 1.76 bits per heavy atom. The number of likely N-dealkylation sites (tertiary alicyclic amines) is 1. The van der Waals surface area contributed by atoms with Gasteiger partial charge in [-0.3, -0.25) is 9.59 Å². The standard InChI is InChI=1S/C28H34N2O4/c1-6-18-34-23-14-12-22(13-15-23)26(31)24-25(21-10-8-20(9-11-21)19(2)3)30(28(33)27(24)32)17-7-16-29(4)5/h6,8-15,19,25,31H,1,7,16-18H2,2-5H3. The fourth-order valence-electron chi connectivity index (χ4n) is 4.10. The Morgan fingerprint density at radius 3 is 2.32 bits per heavy atom. The molecule has 1 saturated heterocycles. The van der Waals surface area contributed by atoms with Crippen molar-refractivity contribution in [2.75, 3.05) is 33.8 Å². The first-order valence-corrected chi connectivity index (χ1v) is 11.6. The molecule has 180 valence electrons. The Balaban J connectivity index is 2.03. The van der Waals surface area contributed by atoms with Crippen LogP contribution in [0.3, 0.4) is 0 Å². The van der Waals surface area contributed by atoms with E-state index in [-0.39, 0.29) is 11.3 Å². The zero-order chi connectivity index (χ0) is 24.8. The molecule has 34 heavy (non-hydrogen) atoms. The molecule has 6 nitrogen and oxygen atoms in total. The minimum absolute atomic E-state index is 0.118. The summed E-state index contributed by atoms with van der Waals surface area (Å²) in [5, 5.41) is 11.2. The first kappa shape index (κ1) is 25.2. The topological polar surface area (TPSA) is 70.1 Å². The van der Waals surface area contributed by atoms with Gasteiger partial charge in [0.15, 0.2) is 0 Å². The van der Waals surface area contributed by atoms with E-state index in [0.717, 1.165) is 18.5 Å². The van der Waals surface area contributed by atoms with Crippen molar-refractivity contribution in [3.63, 3.8) is 0 Å². The van der Waals surface area contributed by atoms with Crippen molar-refractivity contribution in [1.29, 1.82) is 0 Å². The van der Waals surface area contributed by atoms with E-state index in [1.54, 1.807) is 35.2 Å². The molecule has 1 aliphatic heterocycles. The number of hydrogen-bond acceptors (Lipinski definition) is 5. The van der Waals surface area contributed by atoms with Gasteiger partial charge < -0.3 is 19.6 Å². The number of Topliss-reactive ketones (excluding diaryl/α,β-unsaturated/α-hetero) is 1. The van der Waals surface area contributed by atoms with Crippen LogP contribution in [0.25, 0.3) is 5.76 Å². The summed E-state index contributed by atoms with van der Waals surface area (Å²) >= 11 is 0. The Kier molecular flexibility index (Phi) is 8.29. The van der Waals surface area contributed by atoms with E-state index in [2.05, 4.69) is 20.4 Å². The van der Waals surface area contributed by atoms with Crippen molar-refractivity contribution in [3.8, 4) is 5.75 Å². The van der Waals surface area contributed by atoms with Crippen LogP contribution < -0.4 is 4.74 Å². The summed E-state index contributed by atoms with van der Waals surface area (Å²) in [7, 11) is 3.94. The summed E-state index contributed by atoms with van der Waals surface area (Å²) in [6.07, 6.45) is 2.37. The molecule has 1 aliphatic rings. The first-order valence-electron chi connectivity index (χ1n) is 11.6. The molecule has 0 saturated carbocycles. The molecule has 1 heterocycles. The van der Waals surface area contributed by atoms with E-state index in [0.29, 0.717) is 30.4 Å². The van der Waals surface area contributed by atoms with Crippen molar-refractivity contribution < 1.29 is 19.4 Å². The van der Waals surface area contributed by atoms with E-state index in [9.17, 15) is 14.7 Å². The zero-order valence-electron chi connectivity index (χ0n) is 20.5. The number of ether oxygens (including phenoxy) is 1. The number of carbonyl (C=O) groups is 2. The highest BCUT2D eigenvalue weighted by Crippen LogP contribution is 2.40. The largest absolute Gasteiger partial charge is 0.507 e. The van der Waals surface area contributed by atoms with E-state index in [1.807, 2.05) is 43.3 Å². The lowest BCUT2D eigenvalue weighted by atomic mass is 9.93. The molecular weight excluding hydrogens is 428 g/mol. The second kappa shape index (κ2) is 11.2. The van der Waals surface area contributed by atoms with E-state index in [4.69, 9.17) is 4.74 Å². The molecule has 2 aromatic rings. The fraction of sp³-hybridized carbons (Fsp3) is 0.357. The summed E-state index contributed by atoms with van der Waals surface area (Å²) < 4.78 is 5.51. The lowest BCUT2D eigenvalue weighted by molar-refractivity contribution is -0.139.